The molecule has 1 heterocycles. The fourth-order valence-electron chi connectivity index (χ4n) is 2.35. The van der Waals surface area contributed by atoms with E-state index < -0.39 is 0 Å². The molecule has 0 radical (unpaired) electrons. The van der Waals surface area contributed by atoms with Gasteiger partial charge in [-0.15, -0.1) is 0 Å². The summed E-state index contributed by atoms with van der Waals surface area (Å²) in [5.74, 6) is 0.830. The van der Waals surface area contributed by atoms with Gasteiger partial charge in [0.2, 0.25) is 0 Å². The maximum atomic E-state index is 11.6. The molecule has 0 aliphatic heterocycles. The Morgan fingerprint density at radius 2 is 2.00 bits per heavy atom. The quantitative estimate of drug-likeness (QED) is 0.633. The predicted octanol–water partition coefficient (Wildman–Crippen LogP) is 3.20. The van der Waals surface area contributed by atoms with Crippen molar-refractivity contribution < 1.29 is 9.52 Å². The van der Waals surface area contributed by atoms with Crippen LogP contribution in [0, 0.1) is 5.92 Å². The van der Waals surface area contributed by atoms with Gasteiger partial charge >= 0.3 is 5.63 Å². The van der Waals surface area contributed by atoms with Gasteiger partial charge in [0.05, 0.1) is 0 Å². The number of phenols is 1. The van der Waals surface area contributed by atoms with Crippen molar-refractivity contribution in [3.63, 3.8) is 0 Å². The molecule has 2 rings (SSSR count). The highest BCUT2D eigenvalue weighted by Crippen LogP contribution is 2.26. The summed E-state index contributed by atoms with van der Waals surface area (Å²) >= 11 is 0. The molecule has 0 saturated heterocycles. The Hall–Kier alpha value is -1.81. The second kappa shape index (κ2) is 6.76. The van der Waals surface area contributed by atoms with Crippen molar-refractivity contribution in [1.29, 1.82) is 0 Å². The van der Waals surface area contributed by atoms with E-state index in [1.165, 1.54) is 12.1 Å². The number of hydrogen-bond donors (Lipinski definition) is 2. The van der Waals surface area contributed by atoms with Crippen LogP contribution < -0.4 is 10.9 Å². The molecule has 1 aromatic carbocycles. The van der Waals surface area contributed by atoms with Gasteiger partial charge in [0.25, 0.3) is 0 Å². The molecule has 0 saturated carbocycles. The minimum Gasteiger partial charge on any atom is -0.508 e. The molecular weight excluding hydrogens is 266 g/mol. The molecule has 0 bridgehead atoms. The van der Waals surface area contributed by atoms with Crippen LogP contribution >= 0.6 is 0 Å². The zero-order chi connectivity index (χ0) is 15.4. The van der Waals surface area contributed by atoms with Gasteiger partial charge < -0.3 is 14.8 Å². The second-order valence-electron chi connectivity index (χ2n) is 5.78. The molecule has 2 aromatic rings. The summed E-state index contributed by atoms with van der Waals surface area (Å²) in [5.41, 5.74) is 1.84. The Morgan fingerprint density at radius 1 is 1.24 bits per heavy atom. The van der Waals surface area contributed by atoms with E-state index in [9.17, 15) is 9.90 Å². The van der Waals surface area contributed by atoms with Crippen molar-refractivity contribution in [3.05, 3.63) is 39.7 Å². The third kappa shape index (κ3) is 3.85. The zero-order valence-electron chi connectivity index (χ0n) is 12.9. The van der Waals surface area contributed by atoms with Crippen LogP contribution in [0.1, 0.15) is 38.3 Å². The Morgan fingerprint density at radius 3 is 2.67 bits per heavy atom. The molecule has 4 nitrogen and oxygen atoms in total. The predicted molar refractivity (Wildman–Crippen MR) is 84.7 cm³/mol. The maximum Gasteiger partial charge on any atom is 0.336 e. The first-order valence-corrected chi connectivity index (χ1v) is 7.50. The summed E-state index contributed by atoms with van der Waals surface area (Å²) < 4.78 is 5.18. The van der Waals surface area contributed by atoms with Gasteiger partial charge in [0.15, 0.2) is 0 Å². The summed E-state index contributed by atoms with van der Waals surface area (Å²) in [6.45, 7) is 7.90. The van der Waals surface area contributed by atoms with Crippen LogP contribution in [-0.4, -0.2) is 11.7 Å². The van der Waals surface area contributed by atoms with E-state index in [4.69, 9.17) is 4.42 Å². The minimum absolute atomic E-state index is 0.179. The molecule has 0 aliphatic carbocycles. The van der Waals surface area contributed by atoms with Gasteiger partial charge in [-0.2, -0.15) is 0 Å². The van der Waals surface area contributed by atoms with Crippen LogP contribution in [0.5, 0.6) is 5.75 Å². The molecule has 0 amide bonds. The third-order valence-electron chi connectivity index (χ3n) is 3.62. The number of aromatic hydroxyl groups is 1. The molecule has 114 valence electrons. The number of phenolic OH excluding ortho intramolecular Hbond substituents is 1. The molecule has 21 heavy (non-hydrogen) atoms. The van der Waals surface area contributed by atoms with Gasteiger partial charge in [-0.05, 0) is 42.5 Å². The largest absolute Gasteiger partial charge is 0.508 e. The molecule has 1 aromatic heterocycles. The molecular formula is C17H23NO3. The highest BCUT2D eigenvalue weighted by Gasteiger charge is 2.09. The van der Waals surface area contributed by atoms with E-state index >= 15 is 0 Å². The van der Waals surface area contributed by atoms with Crippen molar-refractivity contribution in [1.82, 2.24) is 5.32 Å². The van der Waals surface area contributed by atoms with Crippen LogP contribution in [0.3, 0.4) is 0 Å². The normalized spacial score (nSPS) is 11.4. The summed E-state index contributed by atoms with van der Waals surface area (Å²) in [5, 5.41) is 14.1. The first kappa shape index (κ1) is 15.6. The monoisotopic (exact) mass is 289 g/mol. The number of aryl methyl sites for hydroxylation is 1. The van der Waals surface area contributed by atoms with Crippen LogP contribution in [0.25, 0.3) is 11.0 Å². The Balaban J connectivity index is 2.31. The highest BCUT2D eigenvalue weighted by molar-refractivity contribution is 5.82. The molecule has 0 spiro atoms. The lowest BCUT2D eigenvalue weighted by Gasteiger charge is -2.10. The van der Waals surface area contributed by atoms with Gasteiger partial charge in [-0.1, -0.05) is 20.8 Å². The first-order chi connectivity index (χ1) is 10.0. The van der Waals surface area contributed by atoms with Crippen LogP contribution in [0.2, 0.25) is 0 Å². The molecule has 0 fully saturated rings. The number of benzene rings is 1. The van der Waals surface area contributed by atoms with Crippen molar-refractivity contribution >= 4 is 11.0 Å². The lowest BCUT2D eigenvalue weighted by molar-refractivity contribution is 0.466. The molecule has 0 atom stereocenters. The van der Waals surface area contributed by atoms with Crippen molar-refractivity contribution in [3.8, 4) is 5.75 Å². The Labute approximate surface area is 124 Å². The standard InChI is InChI=1S/C17H23NO3/c1-4-12-7-14-13(10-18-6-5-11(2)3)8-17(20)21-16(14)9-15(12)19/h7-9,11,18-19H,4-6,10H2,1-3H3. The average molecular weight is 289 g/mol. The molecule has 0 unspecified atom stereocenters. The van der Waals surface area contributed by atoms with Crippen LogP contribution in [-0.2, 0) is 13.0 Å². The lowest BCUT2D eigenvalue weighted by Crippen LogP contribution is -2.17. The highest BCUT2D eigenvalue weighted by atomic mass is 16.4. The van der Waals surface area contributed by atoms with E-state index in [1.54, 1.807) is 0 Å². The number of nitrogens with one attached hydrogen (secondary N) is 1. The lowest BCUT2D eigenvalue weighted by atomic mass is 10.0. The van der Waals surface area contributed by atoms with Crippen LogP contribution in [0.15, 0.2) is 27.4 Å². The summed E-state index contributed by atoms with van der Waals surface area (Å²) in [4.78, 5) is 11.6. The van der Waals surface area contributed by atoms with Crippen LogP contribution in [0.4, 0.5) is 0 Å². The number of hydrogen-bond acceptors (Lipinski definition) is 4. The van der Waals surface area contributed by atoms with E-state index in [2.05, 4.69) is 19.2 Å². The summed E-state index contributed by atoms with van der Waals surface area (Å²) in [6.07, 6.45) is 1.83. The van der Waals surface area contributed by atoms with Crippen molar-refractivity contribution in [2.75, 3.05) is 6.54 Å². The second-order valence-corrected chi connectivity index (χ2v) is 5.78. The van der Waals surface area contributed by atoms with E-state index in [-0.39, 0.29) is 11.4 Å². The fraction of sp³-hybridized carbons (Fsp3) is 0.471. The molecule has 4 heteroatoms. The average Bonchev–Trinajstić information content (AvgIpc) is 2.42. The zero-order valence-corrected chi connectivity index (χ0v) is 12.9. The smallest absolute Gasteiger partial charge is 0.336 e. The third-order valence-corrected chi connectivity index (χ3v) is 3.62. The first-order valence-electron chi connectivity index (χ1n) is 7.50. The number of rotatable bonds is 6. The SMILES string of the molecule is CCc1cc2c(CNCCC(C)C)cc(=O)oc2cc1O. The van der Waals surface area contributed by atoms with Gasteiger partial charge in [-0.3, -0.25) is 0 Å². The van der Waals surface area contributed by atoms with Gasteiger partial charge in [0, 0.05) is 24.1 Å². The molecule has 2 N–H and O–H groups in total. The van der Waals surface area contributed by atoms with Crippen molar-refractivity contribution in [2.24, 2.45) is 5.92 Å². The minimum atomic E-state index is -0.383. The van der Waals surface area contributed by atoms with Gasteiger partial charge in [0.1, 0.15) is 11.3 Å². The topological polar surface area (TPSA) is 62.5 Å². The van der Waals surface area contributed by atoms with Gasteiger partial charge in [-0.25, -0.2) is 4.79 Å². The Bertz CT molecular complexity index is 674. The number of fused-ring (bicyclic) bond motifs is 1. The maximum absolute atomic E-state index is 11.6. The van der Waals surface area contributed by atoms with Crippen molar-refractivity contribution in [2.45, 2.75) is 40.2 Å². The fourth-order valence-corrected chi connectivity index (χ4v) is 2.35. The van der Waals surface area contributed by atoms with E-state index in [0.29, 0.717) is 18.0 Å². The Kier molecular flexibility index (Phi) is 5.02. The summed E-state index contributed by atoms with van der Waals surface area (Å²) in [7, 11) is 0. The molecule has 0 aliphatic rings. The van der Waals surface area contributed by atoms with E-state index in [0.717, 1.165) is 35.9 Å². The summed E-state index contributed by atoms with van der Waals surface area (Å²) in [6, 6.07) is 4.97. The van der Waals surface area contributed by atoms with E-state index in [1.807, 2.05) is 13.0 Å².